The molecule has 0 radical (unpaired) electrons. The quantitative estimate of drug-likeness (QED) is 0.854. The van der Waals surface area contributed by atoms with E-state index >= 15 is 0 Å². The first-order valence-corrected chi connectivity index (χ1v) is 8.79. The van der Waals surface area contributed by atoms with E-state index in [4.69, 9.17) is 16.3 Å². The van der Waals surface area contributed by atoms with Crippen molar-refractivity contribution < 1.29 is 13.2 Å². The zero-order valence-electron chi connectivity index (χ0n) is 10.5. The summed E-state index contributed by atoms with van der Waals surface area (Å²) < 4.78 is 33.1. The molecule has 0 bridgehead atoms. The number of nitrogens with zero attached hydrogens (tertiary/aromatic N) is 1. The Morgan fingerprint density at radius 3 is 2.65 bits per heavy atom. The molecule has 0 unspecified atom stereocenters. The monoisotopic (exact) mass is 396 g/mol. The van der Waals surface area contributed by atoms with Crippen LogP contribution in [0.1, 0.15) is 5.69 Å². The molecule has 0 fully saturated rings. The predicted octanol–water partition coefficient (Wildman–Crippen LogP) is 3.68. The number of nitrogens with one attached hydrogen (secondary N) is 1. The van der Waals surface area contributed by atoms with Crippen LogP contribution < -0.4 is 9.46 Å². The number of hydrogen-bond donors (Lipinski definition) is 1. The van der Waals surface area contributed by atoms with Crippen LogP contribution in [-0.2, 0) is 10.0 Å². The third-order valence-corrected chi connectivity index (χ3v) is 6.04. The van der Waals surface area contributed by atoms with Gasteiger partial charge in [0.05, 0.1) is 18.5 Å². The molecule has 1 heterocycles. The highest BCUT2D eigenvalue weighted by atomic mass is 79.9. The fourth-order valence-corrected chi connectivity index (χ4v) is 4.79. The van der Waals surface area contributed by atoms with E-state index in [0.29, 0.717) is 21.6 Å². The van der Waals surface area contributed by atoms with Crippen LogP contribution >= 0.6 is 38.9 Å². The van der Waals surface area contributed by atoms with Gasteiger partial charge in [-0.2, -0.15) is 0 Å². The van der Waals surface area contributed by atoms with Gasteiger partial charge in [-0.1, -0.05) is 38.9 Å². The Morgan fingerprint density at radius 1 is 1.40 bits per heavy atom. The number of aromatic nitrogens is 1. The molecule has 0 amide bonds. The Balaban J connectivity index is 2.38. The molecular formula is C11H10BrClN2O3S2. The molecule has 5 nitrogen and oxygen atoms in total. The molecule has 2 aromatic rings. The maximum absolute atomic E-state index is 12.3. The lowest BCUT2D eigenvalue weighted by atomic mass is 10.3. The van der Waals surface area contributed by atoms with Crippen LogP contribution in [0.4, 0.5) is 5.69 Å². The van der Waals surface area contributed by atoms with Gasteiger partial charge >= 0.3 is 0 Å². The van der Waals surface area contributed by atoms with Crippen molar-refractivity contribution in [1.82, 2.24) is 4.98 Å². The molecule has 20 heavy (non-hydrogen) atoms. The van der Waals surface area contributed by atoms with Gasteiger partial charge < -0.3 is 4.74 Å². The molecule has 2 rings (SSSR count). The Bertz CT molecular complexity index is 746. The molecule has 0 spiro atoms. The second-order valence-electron chi connectivity index (χ2n) is 3.82. The Kier molecular flexibility index (Phi) is 4.58. The van der Waals surface area contributed by atoms with E-state index < -0.39 is 10.0 Å². The van der Waals surface area contributed by atoms with Crippen molar-refractivity contribution in [2.24, 2.45) is 0 Å². The highest BCUT2D eigenvalue weighted by molar-refractivity contribution is 9.10. The zero-order valence-corrected chi connectivity index (χ0v) is 14.5. The smallest absolute Gasteiger partial charge is 0.273 e. The van der Waals surface area contributed by atoms with Crippen LogP contribution in [0.15, 0.2) is 26.9 Å². The van der Waals surface area contributed by atoms with Crippen LogP contribution in [0.25, 0.3) is 0 Å². The summed E-state index contributed by atoms with van der Waals surface area (Å²) in [6.45, 7) is 1.60. The Morgan fingerprint density at radius 2 is 2.10 bits per heavy atom. The van der Waals surface area contributed by atoms with E-state index in [9.17, 15) is 8.42 Å². The fraction of sp³-hybridized carbons (Fsp3) is 0.182. The van der Waals surface area contributed by atoms with E-state index in [1.165, 1.54) is 7.11 Å². The second kappa shape index (κ2) is 5.88. The van der Waals surface area contributed by atoms with Gasteiger partial charge in [-0.3, -0.25) is 4.72 Å². The molecule has 0 aliphatic rings. The van der Waals surface area contributed by atoms with Gasteiger partial charge in [-0.15, -0.1) is 0 Å². The molecule has 1 aromatic carbocycles. The Labute approximate surface area is 134 Å². The molecule has 1 aromatic heterocycles. The summed E-state index contributed by atoms with van der Waals surface area (Å²) in [5, 5.41) is 0. The minimum absolute atomic E-state index is 0.0986. The maximum atomic E-state index is 12.3. The van der Waals surface area contributed by atoms with Gasteiger partial charge in [0.15, 0.2) is 8.68 Å². The minimum atomic E-state index is -3.72. The van der Waals surface area contributed by atoms with Gasteiger partial charge in [0.1, 0.15) is 5.75 Å². The first-order valence-electron chi connectivity index (χ1n) is 5.32. The number of hydrogen-bond acceptors (Lipinski definition) is 5. The first-order chi connectivity index (χ1) is 9.31. The van der Waals surface area contributed by atoms with Crippen molar-refractivity contribution in [2.45, 2.75) is 11.1 Å². The number of thiazole rings is 1. The second-order valence-corrected chi connectivity index (χ2v) is 8.20. The number of methoxy groups -OCH3 is 1. The maximum Gasteiger partial charge on any atom is 0.273 e. The first kappa shape index (κ1) is 15.6. The van der Waals surface area contributed by atoms with E-state index in [-0.39, 0.29) is 8.68 Å². The molecule has 0 saturated carbocycles. The third-order valence-electron chi connectivity index (χ3n) is 2.33. The van der Waals surface area contributed by atoms with Crippen molar-refractivity contribution in [3.05, 3.63) is 32.8 Å². The predicted molar refractivity (Wildman–Crippen MR) is 83.4 cm³/mol. The van der Waals surface area contributed by atoms with E-state index in [0.717, 1.165) is 11.3 Å². The van der Waals surface area contributed by atoms with Crippen LogP contribution in [0.5, 0.6) is 5.75 Å². The van der Waals surface area contributed by atoms with Crippen LogP contribution in [-0.4, -0.2) is 20.5 Å². The van der Waals surface area contributed by atoms with E-state index in [1.54, 1.807) is 25.1 Å². The summed E-state index contributed by atoms with van der Waals surface area (Å²) in [7, 11) is -2.21. The summed E-state index contributed by atoms with van der Waals surface area (Å²) in [4.78, 5) is 3.90. The number of aryl methyl sites for hydroxylation is 1. The van der Waals surface area contributed by atoms with Crippen molar-refractivity contribution in [3.8, 4) is 5.75 Å². The van der Waals surface area contributed by atoms with Crippen molar-refractivity contribution in [3.63, 3.8) is 0 Å². The number of halogens is 2. The van der Waals surface area contributed by atoms with Gasteiger partial charge in [-0.25, -0.2) is 13.4 Å². The lowest BCUT2D eigenvalue weighted by Crippen LogP contribution is -2.12. The number of rotatable bonds is 4. The molecule has 0 aliphatic heterocycles. The topological polar surface area (TPSA) is 68.3 Å². The number of anilines is 1. The minimum Gasteiger partial charge on any atom is -0.497 e. The molecule has 0 saturated heterocycles. The molecule has 0 atom stereocenters. The van der Waals surface area contributed by atoms with Crippen molar-refractivity contribution in [1.29, 1.82) is 0 Å². The lowest BCUT2D eigenvalue weighted by molar-refractivity contribution is 0.415. The molecule has 0 aliphatic carbocycles. The van der Waals surface area contributed by atoms with Crippen LogP contribution in [0.3, 0.4) is 0 Å². The molecular weight excluding hydrogens is 388 g/mol. The van der Waals surface area contributed by atoms with E-state index in [1.807, 2.05) is 0 Å². The number of ether oxygens (including phenoxy) is 1. The van der Waals surface area contributed by atoms with Gasteiger partial charge in [0.25, 0.3) is 10.0 Å². The van der Waals surface area contributed by atoms with Gasteiger partial charge in [0, 0.05) is 10.5 Å². The normalized spacial score (nSPS) is 11.4. The summed E-state index contributed by atoms with van der Waals surface area (Å²) in [6.07, 6.45) is 0. The van der Waals surface area contributed by atoms with Crippen LogP contribution in [0, 0.1) is 6.92 Å². The fourth-order valence-electron chi connectivity index (χ4n) is 1.54. The van der Waals surface area contributed by atoms with E-state index in [2.05, 4.69) is 25.6 Å². The molecule has 9 heteroatoms. The zero-order chi connectivity index (χ0) is 14.9. The Hall–Kier alpha value is -0.830. The molecule has 108 valence electrons. The van der Waals surface area contributed by atoms with Crippen molar-refractivity contribution >= 4 is 54.6 Å². The average Bonchev–Trinajstić information content (AvgIpc) is 2.67. The highest BCUT2D eigenvalue weighted by Crippen LogP contribution is 2.30. The van der Waals surface area contributed by atoms with Crippen molar-refractivity contribution in [2.75, 3.05) is 11.8 Å². The number of benzene rings is 1. The summed E-state index contributed by atoms with van der Waals surface area (Å²) in [5.74, 6) is 0.538. The SMILES string of the molecule is COc1cc(Br)cc(NS(=O)(=O)c2sc(Cl)nc2C)c1. The van der Waals surface area contributed by atoms with Crippen LogP contribution in [0.2, 0.25) is 4.47 Å². The summed E-state index contributed by atoms with van der Waals surface area (Å²) in [6, 6.07) is 4.95. The number of sulfonamides is 1. The average molecular weight is 398 g/mol. The lowest BCUT2D eigenvalue weighted by Gasteiger charge is -2.09. The van der Waals surface area contributed by atoms with Gasteiger partial charge in [-0.05, 0) is 19.1 Å². The standard InChI is InChI=1S/C11H10BrClN2O3S2/c1-6-10(19-11(13)14-6)20(16,17)15-8-3-7(12)4-9(5-8)18-2/h3-5,15H,1-2H3. The van der Waals surface area contributed by atoms with Gasteiger partial charge in [0.2, 0.25) is 0 Å². The highest BCUT2D eigenvalue weighted by Gasteiger charge is 2.21. The summed E-state index contributed by atoms with van der Waals surface area (Å²) in [5.41, 5.74) is 0.759. The third kappa shape index (κ3) is 3.43. The molecule has 1 N–H and O–H groups in total. The summed E-state index contributed by atoms with van der Waals surface area (Å²) >= 11 is 9.94. The largest absolute Gasteiger partial charge is 0.497 e.